The lowest BCUT2D eigenvalue weighted by molar-refractivity contribution is 0.0992. The quantitative estimate of drug-likeness (QED) is 0.911. The molecule has 0 saturated heterocycles. The fraction of sp³-hybridized carbons (Fsp3) is 0.294. The lowest BCUT2D eigenvalue weighted by Gasteiger charge is -2.43. The van der Waals surface area contributed by atoms with Gasteiger partial charge in [0.2, 0.25) is 0 Å². The summed E-state index contributed by atoms with van der Waals surface area (Å²) in [5.74, 6) is 0.395. The van der Waals surface area contributed by atoms with Gasteiger partial charge in [-0.25, -0.2) is 4.39 Å². The maximum atomic E-state index is 14.0. The molecule has 21 heavy (non-hydrogen) atoms. The van der Waals surface area contributed by atoms with Crippen LogP contribution in [0.15, 0.2) is 48.5 Å². The molecule has 0 fully saturated rings. The molecule has 2 aromatic rings. The molecular formula is C17H18FNO2. The van der Waals surface area contributed by atoms with Crippen LogP contribution in [0.2, 0.25) is 0 Å². The van der Waals surface area contributed by atoms with E-state index >= 15 is 0 Å². The van der Waals surface area contributed by atoms with Crippen molar-refractivity contribution in [2.75, 3.05) is 18.5 Å². The first kappa shape index (κ1) is 13.9. The second kappa shape index (κ2) is 5.37. The highest BCUT2D eigenvalue weighted by Gasteiger charge is 2.43. The zero-order chi connectivity index (χ0) is 14.9. The minimum atomic E-state index is -0.753. The lowest BCUT2D eigenvalue weighted by atomic mass is 9.77. The Balaban J connectivity index is 2.09. The smallest absolute Gasteiger partial charge is 0.146 e. The maximum absolute atomic E-state index is 14.0. The Morgan fingerprint density at radius 1 is 1.24 bits per heavy atom. The van der Waals surface area contributed by atoms with E-state index in [0.717, 1.165) is 11.3 Å². The SMILES string of the molecule is CC1COc2ccccc2C1(CO)Nc1ccccc1F. The molecule has 1 heterocycles. The zero-order valence-corrected chi connectivity index (χ0v) is 11.8. The van der Waals surface area contributed by atoms with Crippen LogP contribution in [-0.2, 0) is 5.54 Å². The number of hydrogen-bond acceptors (Lipinski definition) is 3. The second-order valence-corrected chi connectivity index (χ2v) is 5.44. The fourth-order valence-corrected chi connectivity index (χ4v) is 2.86. The maximum Gasteiger partial charge on any atom is 0.146 e. The van der Waals surface area contributed by atoms with Gasteiger partial charge in [-0.15, -0.1) is 0 Å². The molecule has 2 atom stereocenters. The number of rotatable bonds is 3. The molecule has 0 saturated carbocycles. The Kier molecular flexibility index (Phi) is 3.55. The lowest BCUT2D eigenvalue weighted by Crippen LogP contribution is -2.50. The summed E-state index contributed by atoms with van der Waals surface area (Å²) >= 11 is 0. The molecule has 110 valence electrons. The minimum absolute atomic E-state index is 0.00277. The predicted octanol–water partition coefficient (Wildman–Crippen LogP) is 3.15. The van der Waals surface area contributed by atoms with E-state index in [-0.39, 0.29) is 18.3 Å². The Morgan fingerprint density at radius 3 is 2.71 bits per heavy atom. The molecule has 0 spiro atoms. The van der Waals surface area contributed by atoms with Gasteiger partial charge in [0.05, 0.1) is 24.4 Å². The number of halogens is 1. The van der Waals surface area contributed by atoms with Crippen LogP contribution in [0.25, 0.3) is 0 Å². The summed E-state index contributed by atoms with van der Waals surface area (Å²) in [7, 11) is 0. The number of aliphatic hydroxyl groups excluding tert-OH is 1. The highest BCUT2D eigenvalue weighted by Crippen LogP contribution is 2.42. The van der Waals surface area contributed by atoms with E-state index in [2.05, 4.69) is 5.32 Å². The molecule has 3 rings (SSSR count). The number of para-hydroxylation sites is 2. The van der Waals surface area contributed by atoms with E-state index in [1.54, 1.807) is 18.2 Å². The summed E-state index contributed by atoms with van der Waals surface area (Å²) in [4.78, 5) is 0. The standard InChI is InChI=1S/C17H18FNO2/c1-12-10-21-16-9-5-2-6-13(16)17(12,11-20)19-15-8-4-3-7-14(15)18/h2-9,12,19-20H,10-11H2,1H3. The molecule has 2 aromatic carbocycles. The van der Waals surface area contributed by atoms with Crippen molar-refractivity contribution < 1.29 is 14.2 Å². The minimum Gasteiger partial charge on any atom is -0.493 e. The third-order valence-corrected chi connectivity index (χ3v) is 4.18. The molecule has 0 bridgehead atoms. The van der Waals surface area contributed by atoms with Gasteiger partial charge in [0.15, 0.2) is 0 Å². The van der Waals surface area contributed by atoms with Crippen molar-refractivity contribution in [3.8, 4) is 5.75 Å². The van der Waals surface area contributed by atoms with Crippen molar-refractivity contribution in [1.82, 2.24) is 0 Å². The van der Waals surface area contributed by atoms with Gasteiger partial charge >= 0.3 is 0 Å². The van der Waals surface area contributed by atoms with Crippen molar-refractivity contribution >= 4 is 5.69 Å². The Morgan fingerprint density at radius 2 is 1.95 bits per heavy atom. The predicted molar refractivity (Wildman–Crippen MR) is 79.9 cm³/mol. The van der Waals surface area contributed by atoms with Gasteiger partial charge in [0, 0.05) is 11.5 Å². The first-order valence-corrected chi connectivity index (χ1v) is 7.03. The highest BCUT2D eigenvalue weighted by atomic mass is 19.1. The van der Waals surface area contributed by atoms with Gasteiger partial charge in [0.25, 0.3) is 0 Å². The molecule has 0 aromatic heterocycles. The average molecular weight is 287 g/mol. The van der Waals surface area contributed by atoms with E-state index in [1.807, 2.05) is 31.2 Å². The molecule has 0 radical (unpaired) electrons. The van der Waals surface area contributed by atoms with E-state index in [4.69, 9.17) is 4.74 Å². The number of benzene rings is 2. The van der Waals surface area contributed by atoms with Crippen molar-refractivity contribution in [2.24, 2.45) is 5.92 Å². The van der Waals surface area contributed by atoms with Crippen LogP contribution < -0.4 is 10.1 Å². The number of anilines is 1. The number of hydrogen-bond donors (Lipinski definition) is 2. The van der Waals surface area contributed by atoms with Crippen LogP contribution in [0.5, 0.6) is 5.75 Å². The van der Waals surface area contributed by atoms with Crippen LogP contribution in [0.1, 0.15) is 12.5 Å². The van der Waals surface area contributed by atoms with E-state index < -0.39 is 5.54 Å². The monoisotopic (exact) mass is 287 g/mol. The molecule has 0 aliphatic carbocycles. The summed E-state index contributed by atoms with van der Waals surface area (Å²) in [6.07, 6.45) is 0. The number of ether oxygens (including phenoxy) is 1. The van der Waals surface area contributed by atoms with E-state index in [9.17, 15) is 9.50 Å². The molecule has 2 unspecified atom stereocenters. The molecule has 4 heteroatoms. The van der Waals surface area contributed by atoms with Crippen molar-refractivity contribution in [3.63, 3.8) is 0 Å². The Bertz CT molecular complexity index is 646. The number of aliphatic hydroxyl groups is 1. The van der Waals surface area contributed by atoms with Gasteiger partial charge < -0.3 is 15.2 Å². The molecule has 1 aliphatic rings. The Hall–Kier alpha value is -2.07. The molecule has 2 N–H and O–H groups in total. The summed E-state index contributed by atoms with van der Waals surface area (Å²) in [5.41, 5.74) is 0.487. The molecule has 3 nitrogen and oxygen atoms in total. The summed E-state index contributed by atoms with van der Waals surface area (Å²) in [6.45, 7) is 2.32. The topological polar surface area (TPSA) is 41.5 Å². The first-order valence-electron chi connectivity index (χ1n) is 7.03. The summed E-state index contributed by atoms with van der Waals surface area (Å²) in [6, 6.07) is 14.1. The van der Waals surface area contributed by atoms with Crippen LogP contribution in [0.4, 0.5) is 10.1 Å². The van der Waals surface area contributed by atoms with E-state index in [1.165, 1.54) is 6.07 Å². The third-order valence-electron chi connectivity index (χ3n) is 4.18. The van der Waals surface area contributed by atoms with Gasteiger partial charge in [-0.1, -0.05) is 37.3 Å². The van der Waals surface area contributed by atoms with Crippen LogP contribution in [0.3, 0.4) is 0 Å². The highest BCUT2D eigenvalue weighted by molar-refractivity contribution is 5.53. The van der Waals surface area contributed by atoms with E-state index in [0.29, 0.717) is 12.3 Å². The van der Waals surface area contributed by atoms with Crippen molar-refractivity contribution in [2.45, 2.75) is 12.5 Å². The fourth-order valence-electron chi connectivity index (χ4n) is 2.86. The van der Waals surface area contributed by atoms with Gasteiger partial charge in [-0.3, -0.25) is 0 Å². The average Bonchev–Trinajstić information content (AvgIpc) is 2.52. The van der Waals surface area contributed by atoms with Gasteiger partial charge in [-0.05, 0) is 18.2 Å². The van der Waals surface area contributed by atoms with Crippen molar-refractivity contribution in [3.05, 3.63) is 59.9 Å². The zero-order valence-electron chi connectivity index (χ0n) is 11.8. The first-order chi connectivity index (χ1) is 10.2. The van der Waals surface area contributed by atoms with Crippen LogP contribution in [-0.4, -0.2) is 18.3 Å². The molecular weight excluding hydrogens is 269 g/mol. The molecule has 1 aliphatic heterocycles. The van der Waals surface area contributed by atoms with Gasteiger partial charge in [0.1, 0.15) is 11.6 Å². The van der Waals surface area contributed by atoms with Crippen LogP contribution >= 0.6 is 0 Å². The normalized spacial score (nSPS) is 24.0. The number of nitrogens with one attached hydrogen (secondary N) is 1. The third kappa shape index (κ3) is 2.25. The summed E-state index contributed by atoms with van der Waals surface area (Å²) < 4.78 is 19.7. The van der Waals surface area contributed by atoms with Crippen molar-refractivity contribution in [1.29, 1.82) is 0 Å². The summed E-state index contributed by atoms with van der Waals surface area (Å²) in [5, 5.41) is 13.3. The van der Waals surface area contributed by atoms with Gasteiger partial charge in [-0.2, -0.15) is 0 Å². The van der Waals surface area contributed by atoms with Crippen LogP contribution in [0, 0.1) is 11.7 Å². The molecule has 0 amide bonds. The number of fused-ring (bicyclic) bond motifs is 1. The largest absolute Gasteiger partial charge is 0.493 e. The second-order valence-electron chi connectivity index (χ2n) is 5.44. The Labute approximate surface area is 123 Å².